The maximum atomic E-state index is 13.4. The molecule has 26 nitrogen and oxygen atoms in total. The van der Waals surface area contributed by atoms with E-state index in [1.165, 1.54) is 29.2 Å². The van der Waals surface area contributed by atoms with Crippen LogP contribution < -0.4 is 0 Å². The lowest BCUT2D eigenvalue weighted by molar-refractivity contribution is -0.199. The number of ether oxygens (including phenoxy) is 1. The van der Waals surface area contributed by atoms with E-state index in [0.29, 0.717) is 81.0 Å². The topological polar surface area (TPSA) is 244 Å². The van der Waals surface area contributed by atoms with E-state index in [0.717, 1.165) is 251 Å². The second kappa shape index (κ2) is 43.7. The highest BCUT2D eigenvalue weighted by Gasteiger charge is 2.70. The first kappa shape index (κ1) is 102. The molecule has 129 heavy (non-hydrogen) atoms. The molecule has 0 spiro atoms. The van der Waals surface area contributed by atoms with Crippen molar-refractivity contribution in [3.8, 4) is 6.07 Å². The molecule has 7 saturated carbocycles. The lowest BCUT2D eigenvalue weighted by Crippen LogP contribution is -2.54. The summed E-state index contributed by atoms with van der Waals surface area (Å²) < 4.78 is 70.2. The summed E-state index contributed by atoms with van der Waals surface area (Å²) in [4.78, 5) is 125. The number of aliphatic hydroxyl groups excluding tert-OH is 1. The molecule has 8 heterocycles. The van der Waals surface area contributed by atoms with Gasteiger partial charge in [-0.1, -0.05) is 24.3 Å². The van der Waals surface area contributed by atoms with Gasteiger partial charge in [0, 0.05) is 251 Å². The van der Waals surface area contributed by atoms with E-state index in [-0.39, 0.29) is 82.3 Å². The maximum absolute atomic E-state index is 13.4. The minimum atomic E-state index is -4.39. The van der Waals surface area contributed by atoms with Gasteiger partial charge < -0.3 is 44.1 Å². The van der Waals surface area contributed by atoms with Crippen LogP contribution in [0, 0.1) is 44.6 Å². The molecular weight excluding hydrogens is 1650 g/mol. The predicted octanol–water partition coefficient (Wildman–Crippen LogP) is 9.88. The molecule has 0 atom stereocenters. The molecule has 1 N–H and O–H groups in total. The molecule has 14 fully saturated rings. The number of nitrogens with zero attached hydrogens (tertiary/aromatic N) is 17. The van der Waals surface area contributed by atoms with E-state index in [1.807, 2.05) is 35.5 Å². The number of rotatable bonds is 20. The van der Waals surface area contributed by atoms with Gasteiger partial charge in [0.1, 0.15) is 22.5 Å². The number of methoxy groups -OCH3 is 1. The summed E-state index contributed by atoms with van der Waals surface area (Å²) in [6.07, 6.45) is 11.2. The minimum Gasteiger partial charge on any atom is -0.395 e. The summed E-state index contributed by atoms with van der Waals surface area (Å²) in [5.41, 5.74) is -1.75. The van der Waals surface area contributed by atoms with Gasteiger partial charge in [0.25, 0.3) is 0 Å². The summed E-state index contributed by atoms with van der Waals surface area (Å²) in [6.45, 7) is 54.5. The van der Waals surface area contributed by atoms with Crippen molar-refractivity contribution < 1.29 is 65.4 Å². The lowest BCUT2D eigenvalue weighted by Gasteiger charge is -2.38. The summed E-state index contributed by atoms with van der Waals surface area (Å²) in [6, 6.07) is 18.9. The zero-order valence-corrected chi connectivity index (χ0v) is 80.2. The smallest absolute Gasteiger partial charge is 0.395 e. The Hall–Kier alpha value is -7.41. The number of amides is 7. The Balaban J connectivity index is 0.000000146. The van der Waals surface area contributed by atoms with E-state index in [9.17, 15) is 60.6 Å². The van der Waals surface area contributed by atoms with Crippen molar-refractivity contribution in [1.29, 1.82) is 5.26 Å². The zero-order chi connectivity index (χ0) is 93.8. The fraction of sp³-hybridized carbons (Fsp3) is 0.755. The fourth-order valence-electron chi connectivity index (χ4n) is 19.3. The minimum absolute atomic E-state index is 0.0240. The van der Waals surface area contributed by atoms with Crippen LogP contribution in [0.2, 0.25) is 0 Å². The quantitative estimate of drug-likeness (QED) is 0.103. The molecule has 7 aliphatic heterocycles. The number of hydrogen-bond acceptors (Lipinski definition) is 19. The average molecular weight is 1810 g/mol. The molecule has 17 rings (SSSR count). The standard InChI is InChI=1S/2C17H23FN2O.C15H22N4O.C13H24N2O2.C12H19F3N2O.C12H19N3O.C12H22N2O2/c1-13(2)19-9-11-20(12-10-19)16(21)17(7-8-17)14-3-5-15(18)6-4-14;1-13(2)19-8-10-20(11-9-19)16(21)17(6-7-17)14-4-3-5-15(18)12-14;1-12(2)18-7-9-19(10-8-18)14(20)15(3-4-15)13-11-16-5-6-17-13;1-11(2)14-6-8-15(9-7-14)12(16)13(4-5-13)10-17-3;1-9(2)16-5-7-17(8-6-16)10(18)11(3-4-11)12(13,14)15;1-10(2)14-5-7-15(8-6-14)11(16)12(9-13)3-4-12;1-10(2)13-5-7-14(8-6-13)11(16)12(9-15)3-4-12/h3-6,13H,7-12H2,1-2H3;3-5,12-13H,6-11H2,1-2H3;5-6,11-12H,3-4,7-10H2,1-2H3;11H,4-10H2,1-3H3;9H,3-8H2,1-2H3;10H,3-8H2,1-2H3;10,15H,3-9H2,1-2H3. The van der Waals surface area contributed by atoms with Gasteiger partial charge in [-0.2, -0.15) is 18.4 Å². The highest BCUT2D eigenvalue weighted by atomic mass is 19.4. The third-order valence-electron chi connectivity index (χ3n) is 30.0. The fourth-order valence-corrected chi connectivity index (χ4v) is 19.3. The predicted molar refractivity (Wildman–Crippen MR) is 488 cm³/mol. The number of halogens is 5. The van der Waals surface area contributed by atoms with Crippen LogP contribution in [0.15, 0.2) is 67.1 Å². The normalized spacial score (nSPS) is 23.1. The first-order valence-electron chi connectivity index (χ1n) is 48.3. The van der Waals surface area contributed by atoms with Gasteiger partial charge in [-0.05, 0) is 222 Å². The zero-order valence-electron chi connectivity index (χ0n) is 80.2. The van der Waals surface area contributed by atoms with Crippen molar-refractivity contribution in [3.05, 3.63) is 95.6 Å². The Bertz CT molecular complexity index is 4200. The molecule has 1 aromatic heterocycles. The van der Waals surface area contributed by atoms with E-state index in [1.54, 1.807) is 43.9 Å². The Morgan fingerprint density at radius 2 is 0.690 bits per heavy atom. The third kappa shape index (κ3) is 25.0. The molecule has 7 aliphatic carbocycles. The first-order chi connectivity index (χ1) is 61.2. The third-order valence-corrected chi connectivity index (χ3v) is 30.0. The summed E-state index contributed by atoms with van der Waals surface area (Å²) in [7, 11) is 1.68. The van der Waals surface area contributed by atoms with Crippen LogP contribution in [0.3, 0.4) is 0 Å². The first-order valence-corrected chi connectivity index (χ1v) is 48.3. The van der Waals surface area contributed by atoms with Crippen molar-refractivity contribution in [3.63, 3.8) is 0 Å². The number of piperazine rings is 7. The van der Waals surface area contributed by atoms with Gasteiger partial charge in [0.15, 0.2) is 0 Å². The Kier molecular flexibility index (Phi) is 34.6. The van der Waals surface area contributed by atoms with Gasteiger partial charge in [0.2, 0.25) is 41.4 Å². The van der Waals surface area contributed by atoms with Crippen molar-refractivity contribution >= 4 is 41.4 Å². The van der Waals surface area contributed by atoms with Crippen molar-refractivity contribution in [2.75, 3.05) is 204 Å². The summed E-state index contributed by atoms with van der Waals surface area (Å²) in [5.74, 6) is 0.0390. The molecule has 14 aliphatic rings. The maximum Gasteiger partial charge on any atom is 0.403 e. The highest BCUT2D eigenvalue weighted by Crippen LogP contribution is 2.59. The van der Waals surface area contributed by atoms with Crippen LogP contribution in [-0.2, 0) is 54.5 Å². The van der Waals surface area contributed by atoms with E-state index < -0.39 is 28.3 Å². The van der Waals surface area contributed by atoms with Crippen molar-refractivity contribution in [2.45, 2.75) is 252 Å². The second-order valence-electron chi connectivity index (χ2n) is 40.7. The van der Waals surface area contributed by atoms with Crippen LogP contribution >= 0.6 is 0 Å². The number of hydrogen-bond donors (Lipinski definition) is 1. The molecular formula is C98H152F5N17O9. The average Bonchev–Trinajstić information content (AvgIpc) is 1.58. The number of carbonyl (C=O) groups excluding carboxylic acids is 7. The van der Waals surface area contributed by atoms with Crippen molar-refractivity contribution in [1.82, 2.24) is 78.6 Å². The van der Waals surface area contributed by atoms with Gasteiger partial charge in [0.05, 0.1) is 52.1 Å². The summed E-state index contributed by atoms with van der Waals surface area (Å²) >= 11 is 0. The van der Waals surface area contributed by atoms with Crippen LogP contribution in [0.5, 0.6) is 0 Å². The van der Waals surface area contributed by atoms with Crippen LogP contribution in [0.4, 0.5) is 22.0 Å². The van der Waals surface area contributed by atoms with Crippen LogP contribution in [-0.4, -0.2) is 377 Å². The molecule has 0 bridgehead atoms. The Morgan fingerprint density at radius 1 is 0.380 bits per heavy atom. The van der Waals surface area contributed by atoms with E-state index in [4.69, 9.17) is 10.00 Å². The lowest BCUT2D eigenvalue weighted by atomic mass is 9.94. The molecule has 2 aromatic carbocycles. The number of aromatic nitrogens is 2. The van der Waals surface area contributed by atoms with Gasteiger partial charge in [-0.15, -0.1) is 0 Å². The van der Waals surface area contributed by atoms with Crippen LogP contribution in [0.1, 0.15) is 204 Å². The monoisotopic (exact) mass is 1810 g/mol. The summed E-state index contributed by atoms with van der Waals surface area (Å²) in [5, 5.41) is 18.2. The highest BCUT2D eigenvalue weighted by molar-refractivity contribution is 5.93. The molecule has 718 valence electrons. The second-order valence-corrected chi connectivity index (χ2v) is 40.7. The van der Waals surface area contributed by atoms with Gasteiger partial charge in [-0.3, -0.25) is 77.8 Å². The van der Waals surface area contributed by atoms with Gasteiger partial charge in [-0.25, -0.2) is 8.78 Å². The molecule has 31 heteroatoms. The number of aliphatic hydroxyl groups is 1. The molecule has 0 radical (unpaired) electrons. The Morgan fingerprint density at radius 3 is 0.953 bits per heavy atom. The largest absolute Gasteiger partial charge is 0.403 e. The number of nitriles is 1. The SMILES string of the molecule is CC(C)N1CCN(C(=O)C2(C#N)CC2)CC1.CC(C)N1CCN(C(=O)C2(C(F)(F)F)CC2)CC1.CC(C)N1CCN(C(=O)C2(CO)CC2)CC1.CC(C)N1CCN(C(=O)C2(c3ccc(F)cc3)CC2)CC1.CC(C)N1CCN(C(=O)C2(c3cccc(F)c3)CC2)CC1.CC(C)N1CCN(C(=O)C2(c3cnccn3)CC2)CC1.COCC1(C(=O)N2CCN(C(C)C)CC2)CC1. The molecule has 0 unspecified atom stereocenters. The van der Waals surface area contributed by atoms with Crippen LogP contribution in [0.25, 0.3) is 0 Å². The molecule has 7 saturated heterocycles. The number of alkyl halides is 3. The van der Waals surface area contributed by atoms with Crippen molar-refractivity contribution in [2.24, 2.45) is 21.7 Å². The molecule has 3 aromatic rings. The van der Waals surface area contributed by atoms with E-state index >= 15 is 0 Å². The number of carbonyl (C=O) groups is 7. The number of benzene rings is 2. The Labute approximate surface area is 765 Å². The van der Waals surface area contributed by atoms with E-state index in [2.05, 4.69) is 147 Å². The molecule has 7 amide bonds. The van der Waals surface area contributed by atoms with Gasteiger partial charge >= 0.3 is 6.18 Å².